The van der Waals surface area contributed by atoms with Crippen LogP contribution in [-0.2, 0) is 6.42 Å². The molecule has 0 unspecified atom stereocenters. The summed E-state index contributed by atoms with van der Waals surface area (Å²) in [6, 6.07) is 2.66. The number of halogens is 3. The first-order chi connectivity index (χ1) is 7.52. The van der Waals surface area contributed by atoms with Gasteiger partial charge in [0.2, 0.25) is 0 Å². The van der Waals surface area contributed by atoms with Crippen LogP contribution in [0.2, 0.25) is 0 Å². The predicted molar refractivity (Wildman–Crippen MR) is 63.1 cm³/mol. The molecule has 2 rings (SSSR count). The van der Waals surface area contributed by atoms with Crippen LogP contribution in [0.3, 0.4) is 0 Å². The Bertz CT molecular complexity index is 400. The maximum absolute atomic E-state index is 13.7. The number of nitrogens with two attached hydrogens (primary N) is 1. The summed E-state index contributed by atoms with van der Waals surface area (Å²) < 4.78 is 27.6. The third-order valence-corrected chi connectivity index (χ3v) is 3.88. The van der Waals surface area contributed by atoms with Gasteiger partial charge in [-0.2, -0.15) is 0 Å². The molecule has 1 nitrogen and oxygen atoms in total. The van der Waals surface area contributed by atoms with Crippen molar-refractivity contribution in [1.29, 1.82) is 0 Å². The molecule has 1 aromatic rings. The van der Waals surface area contributed by atoms with Crippen LogP contribution in [0.25, 0.3) is 0 Å². The van der Waals surface area contributed by atoms with Gasteiger partial charge >= 0.3 is 0 Å². The number of hydrogen-bond acceptors (Lipinski definition) is 1. The monoisotopic (exact) mass is 289 g/mol. The fraction of sp³-hybridized carbons (Fsp3) is 0.500. The molecule has 0 spiro atoms. The average Bonchev–Trinajstić information content (AvgIpc) is 2.66. The Balaban J connectivity index is 2.30. The summed E-state index contributed by atoms with van der Waals surface area (Å²) in [5.41, 5.74) is 5.81. The molecular formula is C12H14BrF2N. The normalized spacial score (nSPS) is 19.0. The molecule has 0 saturated heterocycles. The van der Waals surface area contributed by atoms with Gasteiger partial charge in [0, 0.05) is 11.1 Å². The van der Waals surface area contributed by atoms with E-state index in [0.29, 0.717) is 4.47 Å². The van der Waals surface area contributed by atoms with Crippen molar-refractivity contribution in [3.05, 3.63) is 33.8 Å². The molecule has 1 fully saturated rings. The molecule has 88 valence electrons. The van der Waals surface area contributed by atoms with Crippen LogP contribution in [-0.4, -0.2) is 5.54 Å². The summed E-state index contributed by atoms with van der Waals surface area (Å²) in [5.74, 6) is -1.02. The van der Waals surface area contributed by atoms with Gasteiger partial charge < -0.3 is 5.73 Å². The molecule has 0 aromatic heterocycles. The second-order valence-electron chi connectivity index (χ2n) is 4.57. The molecule has 1 saturated carbocycles. The minimum absolute atomic E-state index is 0.110. The lowest BCUT2D eigenvalue weighted by atomic mass is 9.90. The van der Waals surface area contributed by atoms with Gasteiger partial charge in [-0.1, -0.05) is 12.8 Å². The van der Waals surface area contributed by atoms with Crippen molar-refractivity contribution in [2.45, 2.75) is 37.6 Å². The Kier molecular flexibility index (Phi) is 3.31. The number of rotatable bonds is 2. The first-order valence-electron chi connectivity index (χ1n) is 5.43. The van der Waals surface area contributed by atoms with Crippen LogP contribution in [0.15, 0.2) is 16.6 Å². The van der Waals surface area contributed by atoms with Crippen molar-refractivity contribution in [2.24, 2.45) is 5.73 Å². The minimum Gasteiger partial charge on any atom is -0.325 e. The van der Waals surface area contributed by atoms with Crippen molar-refractivity contribution < 1.29 is 8.78 Å². The summed E-state index contributed by atoms with van der Waals surface area (Å²) >= 11 is 3.06. The maximum atomic E-state index is 13.7. The third-order valence-electron chi connectivity index (χ3n) is 3.27. The van der Waals surface area contributed by atoms with Gasteiger partial charge in [0.15, 0.2) is 0 Å². The molecule has 0 bridgehead atoms. The first-order valence-corrected chi connectivity index (χ1v) is 6.22. The standard InChI is InChI=1S/C12H14BrF2N/c13-9-3-4-10(14)8(11(9)15)7-12(16)5-1-2-6-12/h3-4H,1-2,5-7,16H2. The lowest BCUT2D eigenvalue weighted by Gasteiger charge is -2.24. The second-order valence-corrected chi connectivity index (χ2v) is 5.42. The van der Waals surface area contributed by atoms with E-state index in [0.717, 1.165) is 25.7 Å². The molecule has 1 aliphatic rings. The van der Waals surface area contributed by atoms with Crippen molar-refractivity contribution in [2.75, 3.05) is 0 Å². The average molecular weight is 290 g/mol. The van der Waals surface area contributed by atoms with E-state index < -0.39 is 17.2 Å². The Labute approximate surface area is 102 Å². The van der Waals surface area contributed by atoms with Crippen LogP contribution < -0.4 is 5.73 Å². The van der Waals surface area contributed by atoms with Crippen LogP contribution in [0.1, 0.15) is 31.2 Å². The zero-order chi connectivity index (χ0) is 11.8. The SMILES string of the molecule is NC1(Cc2c(F)ccc(Br)c2F)CCCC1. The van der Waals surface area contributed by atoms with Crippen LogP contribution in [0.5, 0.6) is 0 Å². The van der Waals surface area contributed by atoms with Gasteiger partial charge in [-0.3, -0.25) is 0 Å². The Morgan fingerprint density at radius 2 is 1.88 bits per heavy atom. The Morgan fingerprint density at radius 1 is 1.25 bits per heavy atom. The maximum Gasteiger partial charge on any atom is 0.143 e. The highest BCUT2D eigenvalue weighted by Crippen LogP contribution is 2.33. The molecule has 2 N–H and O–H groups in total. The van der Waals surface area contributed by atoms with Gasteiger partial charge in [-0.25, -0.2) is 8.78 Å². The van der Waals surface area contributed by atoms with Crippen molar-refractivity contribution >= 4 is 15.9 Å². The summed E-state index contributed by atoms with van der Waals surface area (Å²) in [5, 5.41) is 0. The zero-order valence-corrected chi connectivity index (χ0v) is 10.5. The largest absolute Gasteiger partial charge is 0.325 e. The smallest absolute Gasteiger partial charge is 0.143 e. The van der Waals surface area contributed by atoms with Gasteiger partial charge in [0.1, 0.15) is 11.6 Å². The topological polar surface area (TPSA) is 26.0 Å². The highest BCUT2D eigenvalue weighted by molar-refractivity contribution is 9.10. The van der Waals surface area contributed by atoms with Crippen LogP contribution in [0, 0.1) is 11.6 Å². The summed E-state index contributed by atoms with van der Waals surface area (Å²) in [4.78, 5) is 0. The van der Waals surface area contributed by atoms with E-state index in [4.69, 9.17) is 5.73 Å². The highest BCUT2D eigenvalue weighted by atomic mass is 79.9. The molecule has 0 atom stereocenters. The Morgan fingerprint density at radius 3 is 2.50 bits per heavy atom. The van der Waals surface area contributed by atoms with Gasteiger partial charge in [-0.15, -0.1) is 0 Å². The van der Waals surface area contributed by atoms with Crippen LogP contribution >= 0.6 is 15.9 Å². The molecule has 0 amide bonds. The summed E-state index contributed by atoms with van der Waals surface area (Å²) in [6.45, 7) is 0. The second kappa shape index (κ2) is 4.41. The molecule has 1 aromatic carbocycles. The minimum atomic E-state index is -0.517. The molecule has 0 radical (unpaired) electrons. The zero-order valence-electron chi connectivity index (χ0n) is 8.90. The van der Waals surface area contributed by atoms with Gasteiger partial charge in [0.05, 0.1) is 4.47 Å². The number of benzene rings is 1. The quantitative estimate of drug-likeness (QED) is 0.828. The van der Waals surface area contributed by atoms with Crippen molar-refractivity contribution in [1.82, 2.24) is 0 Å². The molecular weight excluding hydrogens is 276 g/mol. The molecule has 0 heterocycles. The van der Waals surface area contributed by atoms with E-state index in [1.807, 2.05) is 0 Å². The molecule has 16 heavy (non-hydrogen) atoms. The van der Waals surface area contributed by atoms with Crippen molar-refractivity contribution in [3.63, 3.8) is 0 Å². The molecule has 4 heteroatoms. The highest BCUT2D eigenvalue weighted by Gasteiger charge is 2.31. The lowest BCUT2D eigenvalue weighted by molar-refractivity contribution is 0.414. The first kappa shape index (κ1) is 12.0. The Hall–Kier alpha value is -0.480. The van der Waals surface area contributed by atoms with E-state index >= 15 is 0 Å². The van der Waals surface area contributed by atoms with E-state index in [9.17, 15) is 8.78 Å². The van der Waals surface area contributed by atoms with Crippen molar-refractivity contribution in [3.8, 4) is 0 Å². The molecule has 0 aliphatic heterocycles. The molecule has 1 aliphatic carbocycles. The predicted octanol–water partition coefficient (Wildman–Crippen LogP) is 3.54. The van der Waals surface area contributed by atoms with E-state index in [1.54, 1.807) is 0 Å². The number of hydrogen-bond donors (Lipinski definition) is 1. The van der Waals surface area contributed by atoms with Gasteiger partial charge in [0.25, 0.3) is 0 Å². The summed E-state index contributed by atoms with van der Waals surface area (Å²) in [7, 11) is 0. The van der Waals surface area contributed by atoms with E-state index in [-0.39, 0.29) is 12.0 Å². The fourth-order valence-electron chi connectivity index (χ4n) is 2.34. The fourth-order valence-corrected chi connectivity index (χ4v) is 2.71. The van der Waals surface area contributed by atoms with E-state index in [1.165, 1.54) is 12.1 Å². The van der Waals surface area contributed by atoms with Gasteiger partial charge in [-0.05, 0) is 47.3 Å². The van der Waals surface area contributed by atoms with E-state index in [2.05, 4.69) is 15.9 Å². The third kappa shape index (κ3) is 2.28. The van der Waals surface area contributed by atoms with Crippen LogP contribution in [0.4, 0.5) is 8.78 Å². The summed E-state index contributed by atoms with van der Waals surface area (Å²) in [6.07, 6.45) is 4.07. The lowest BCUT2D eigenvalue weighted by Crippen LogP contribution is -2.39.